The largest absolute Gasteiger partial charge is 0.481 e. The second kappa shape index (κ2) is 6.23. The molecule has 1 atom stereocenters. The van der Waals surface area contributed by atoms with Crippen molar-refractivity contribution in [3.8, 4) is 0 Å². The summed E-state index contributed by atoms with van der Waals surface area (Å²) in [4.78, 5) is 34.9. The average molecular weight is 257 g/mol. The minimum atomic E-state index is -0.939. The molecule has 3 N–H and O–H groups in total. The summed E-state index contributed by atoms with van der Waals surface area (Å²) in [6.07, 6.45) is 0.185. The van der Waals surface area contributed by atoms with Crippen LogP contribution in [0.25, 0.3) is 0 Å². The number of hydrogen-bond donors (Lipinski definition) is 3. The number of carboxylic acid groups (broad SMARTS) is 1. The molecule has 1 fully saturated rings. The van der Waals surface area contributed by atoms with Crippen molar-refractivity contribution in [2.24, 2.45) is 0 Å². The Bertz CT molecular complexity index is 343. The van der Waals surface area contributed by atoms with Gasteiger partial charge in [0, 0.05) is 25.6 Å². The Morgan fingerprint density at radius 3 is 2.67 bits per heavy atom. The number of rotatable bonds is 5. The first-order chi connectivity index (χ1) is 8.40. The van der Waals surface area contributed by atoms with E-state index >= 15 is 0 Å². The molecule has 0 aromatic rings. The van der Waals surface area contributed by atoms with Gasteiger partial charge in [0.1, 0.15) is 0 Å². The van der Waals surface area contributed by atoms with E-state index in [4.69, 9.17) is 5.11 Å². The molecule has 0 spiro atoms. The number of carbonyl (C=O) groups is 3. The van der Waals surface area contributed by atoms with Gasteiger partial charge in [0.2, 0.25) is 5.91 Å². The maximum Gasteiger partial charge on any atom is 0.317 e. The number of nitrogens with one attached hydrogen (secondary N) is 2. The molecule has 0 aromatic heterocycles. The van der Waals surface area contributed by atoms with Crippen LogP contribution in [0.1, 0.15) is 26.7 Å². The second-order valence-electron chi connectivity index (χ2n) is 4.59. The van der Waals surface area contributed by atoms with Crippen molar-refractivity contribution in [3.63, 3.8) is 0 Å². The van der Waals surface area contributed by atoms with Gasteiger partial charge in [-0.2, -0.15) is 0 Å². The Morgan fingerprint density at radius 1 is 1.56 bits per heavy atom. The highest BCUT2D eigenvalue weighted by Gasteiger charge is 2.26. The van der Waals surface area contributed by atoms with E-state index in [1.54, 1.807) is 0 Å². The van der Waals surface area contributed by atoms with Crippen LogP contribution in [-0.4, -0.2) is 53.1 Å². The number of aliphatic carboxylic acids is 1. The molecule has 1 aliphatic heterocycles. The molecule has 7 nitrogen and oxygen atoms in total. The first-order valence-electron chi connectivity index (χ1n) is 5.95. The first kappa shape index (κ1) is 14.3. The Balaban J connectivity index is 2.48. The van der Waals surface area contributed by atoms with E-state index in [2.05, 4.69) is 10.6 Å². The predicted molar refractivity (Wildman–Crippen MR) is 64.0 cm³/mol. The van der Waals surface area contributed by atoms with Gasteiger partial charge in [-0.25, -0.2) is 4.79 Å². The second-order valence-corrected chi connectivity index (χ2v) is 4.59. The smallest absolute Gasteiger partial charge is 0.317 e. The molecule has 1 heterocycles. The van der Waals surface area contributed by atoms with Crippen molar-refractivity contribution in [1.82, 2.24) is 15.5 Å². The lowest BCUT2D eigenvalue weighted by Gasteiger charge is -2.27. The van der Waals surface area contributed by atoms with Crippen LogP contribution in [0, 0.1) is 0 Å². The van der Waals surface area contributed by atoms with Crippen molar-refractivity contribution in [2.75, 3.05) is 13.1 Å². The first-order valence-corrected chi connectivity index (χ1v) is 5.95. The molecule has 102 valence electrons. The maximum absolute atomic E-state index is 11.9. The van der Waals surface area contributed by atoms with Gasteiger partial charge in [0.25, 0.3) is 0 Å². The molecule has 0 saturated carbocycles. The van der Waals surface area contributed by atoms with E-state index in [9.17, 15) is 14.4 Å². The lowest BCUT2D eigenvalue weighted by Crippen LogP contribution is -2.48. The van der Waals surface area contributed by atoms with E-state index in [0.717, 1.165) is 0 Å². The Labute approximate surface area is 106 Å². The molecule has 0 aliphatic carbocycles. The highest BCUT2D eigenvalue weighted by Crippen LogP contribution is 2.04. The van der Waals surface area contributed by atoms with E-state index < -0.39 is 5.97 Å². The fourth-order valence-electron chi connectivity index (χ4n) is 1.78. The third-order valence-electron chi connectivity index (χ3n) is 2.76. The van der Waals surface area contributed by atoms with Gasteiger partial charge < -0.3 is 20.6 Å². The quantitative estimate of drug-likeness (QED) is 0.633. The van der Waals surface area contributed by atoms with Crippen molar-refractivity contribution in [2.45, 2.75) is 38.8 Å². The number of carbonyl (C=O) groups excluding carboxylic acids is 2. The molecule has 0 radical (unpaired) electrons. The average Bonchev–Trinajstić information content (AvgIpc) is 2.63. The summed E-state index contributed by atoms with van der Waals surface area (Å²) < 4.78 is 0. The zero-order valence-corrected chi connectivity index (χ0v) is 10.6. The standard InChI is InChI=1S/C11H19N3O4/c1-7(2)14(4-3-10(16)17)11(18)13-8-5-9(15)12-6-8/h7-8H,3-6H2,1-2H3,(H,12,15)(H,13,18)(H,16,17). The predicted octanol–water partition coefficient (Wildman–Crippen LogP) is -0.230. The highest BCUT2D eigenvalue weighted by molar-refractivity contribution is 5.81. The van der Waals surface area contributed by atoms with Crippen LogP contribution in [0.2, 0.25) is 0 Å². The molecule has 7 heteroatoms. The Morgan fingerprint density at radius 2 is 2.22 bits per heavy atom. The third-order valence-corrected chi connectivity index (χ3v) is 2.76. The van der Waals surface area contributed by atoms with Crippen LogP contribution < -0.4 is 10.6 Å². The molecule has 0 bridgehead atoms. The molecule has 0 aromatic carbocycles. The lowest BCUT2D eigenvalue weighted by molar-refractivity contribution is -0.137. The Hall–Kier alpha value is -1.79. The van der Waals surface area contributed by atoms with Crippen LogP contribution in [-0.2, 0) is 9.59 Å². The van der Waals surface area contributed by atoms with Crippen LogP contribution in [0.5, 0.6) is 0 Å². The molecule has 1 saturated heterocycles. The summed E-state index contributed by atoms with van der Waals surface area (Å²) in [6, 6.07) is -0.627. The van der Waals surface area contributed by atoms with Crippen molar-refractivity contribution in [3.05, 3.63) is 0 Å². The van der Waals surface area contributed by atoms with Crippen LogP contribution in [0.4, 0.5) is 4.79 Å². The van der Waals surface area contributed by atoms with Gasteiger partial charge in [-0.15, -0.1) is 0 Å². The number of hydrogen-bond acceptors (Lipinski definition) is 3. The summed E-state index contributed by atoms with van der Waals surface area (Å²) >= 11 is 0. The van der Waals surface area contributed by atoms with Gasteiger partial charge in [0.15, 0.2) is 0 Å². The number of amides is 3. The fraction of sp³-hybridized carbons (Fsp3) is 0.727. The van der Waals surface area contributed by atoms with E-state index in [1.165, 1.54) is 4.90 Å². The fourth-order valence-corrected chi connectivity index (χ4v) is 1.78. The summed E-state index contributed by atoms with van der Waals surface area (Å²) in [5, 5.41) is 14.0. The monoisotopic (exact) mass is 257 g/mol. The molecular weight excluding hydrogens is 238 g/mol. The van der Waals surface area contributed by atoms with Gasteiger partial charge in [-0.05, 0) is 13.8 Å². The van der Waals surface area contributed by atoms with Crippen molar-refractivity contribution >= 4 is 17.9 Å². The van der Waals surface area contributed by atoms with Gasteiger partial charge >= 0.3 is 12.0 Å². The molecular formula is C11H19N3O4. The van der Waals surface area contributed by atoms with Crippen LogP contribution >= 0.6 is 0 Å². The molecule has 3 amide bonds. The Kier molecular flexibility index (Phi) is 4.94. The van der Waals surface area contributed by atoms with E-state index in [1.807, 2.05) is 13.8 Å². The summed E-state index contributed by atoms with van der Waals surface area (Å²) in [7, 11) is 0. The molecule has 1 aliphatic rings. The topological polar surface area (TPSA) is 98.7 Å². The summed E-state index contributed by atoms with van der Waals surface area (Å²) in [6.45, 7) is 4.22. The molecule has 1 rings (SSSR count). The summed E-state index contributed by atoms with van der Waals surface area (Å²) in [5.41, 5.74) is 0. The normalized spacial score (nSPS) is 18.6. The molecule has 1 unspecified atom stereocenters. The number of carboxylic acids is 1. The zero-order chi connectivity index (χ0) is 13.7. The maximum atomic E-state index is 11.9. The highest BCUT2D eigenvalue weighted by atomic mass is 16.4. The van der Waals surface area contributed by atoms with Crippen molar-refractivity contribution < 1.29 is 19.5 Å². The number of nitrogens with zero attached hydrogens (tertiary/aromatic N) is 1. The summed E-state index contributed by atoms with van der Waals surface area (Å²) in [5.74, 6) is -1.02. The zero-order valence-electron chi connectivity index (χ0n) is 10.6. The third kappa shape index (κ3) is 4.23. The van der Waals surface area contributed by atoms with E-state index in [0.29, 0.717) is 6.54 Å². The van der Waals surface area contributed by atoms with E-state index in [-0.39, 0.29) is 43.4 Å². The molecule has 18 heavy (non-hydrogen) atoms. The van der Waals surface area contributed by atoms with Crippen LogP contribution in [0.15, 0.2) is 0 Å². The van der Waals surface area contributed by atoms with Crippen LogP contribution in [0.3, 0.4) is 0 Å². The van der Waals surface area contributed by atoms with Gasteiger partial charge in [-0.1, -0.05) is 0 Å². The SMILES string of the molecule is CC(C)N(CCC(=O)O)C(=O)NC1CNC(=O)C1. The minimum Gasteiger partial charge on any atom is -0.481 e. The van der Waals surface area contributed by atoms with Gasteiger partial charge in [0.05, 0.1) is 12.5 Å². The van der Waals surface area contributed by atoms with Crippen molar-refractivity contribution in [1.29, 1.82) is 0 Å². The van der Waals surface area contributed by atoms with Gasteiger partial charge in [-0.3, -0.25) is 9.59 Å². The number of urea groups is 1. The lowest BCUT2D eigenvalue weighted by atomic mass is 10.2. The minimum absolute atomic E-state index is 0.0815.